The lowest BCUT2D eigenvalue weighted by atomic mass is 10.3. The molecule has 1 aromatic carbocycles. The fraction of sp³-hybridized carbons (Fsp3) is 0.273. The molecule has 0 unspecified atom stereocenters. The van der Waals surface area contributed by atoms with E-state index in [1.54, 1.807) is 0 Å². The van der Waals surface area contributed by atoms with Crippen molar-refractivity contribution in [3.63, 3.8) is 0 Å². The van der Waals surface area contributed by atoms with Crippen LogP contribution in [0.4, 0.5) is 5.69 Å². The highest BCUT2D eigenvalue weighted by Crippen LogP contribution is 2.17. The largest absolute Gasteiger partial charge is 0.309 e. The van der Waals surface area contributed by atoms with Gasteiger partial charge in [-0.15, -0.1) is 0 Å². The number of nitrogens with zero attached hydrogens (tertiary/aromatic N) is 1. The Hall–Kier alpha value is -1.69. The zero-order valence-corrected chi connectivity index (χ0v) is 10.6. The van der Waals surface area contributed by atoms with Gasteiger partial charge < -0.3 is 4.90 Å². The smallest absolute Gasteiger partial charge is 0.293 e. The van der Waals surface area contributed by atoms with Gasteiger partial charge >= 0.3 is 0 Å². The predicted molar refractivity (Wildman–Crippen MR) is 63.6 cm³/mol. The van der Waals surface area contributed by atoms with Crippen LogP contribution in [0.25, 0.3) is 0 Å². The molecule has 0 aliphatic rings. The van der Waals surface area contributed by atoms with Crippen molar-refractivity contribution in [3.8, 4) is 0 Å². The highest BCUT2D eigenvalue weighted by Gasteiger charge is 2.16. The standard InChI is InChI=1S/C11H13NO4S/c1-8(13)11(14)12(2)9-4-6-10(7-5-9)17(3,15)16/h4-7H,1-3H3. The van der Waals surface area contributed by atoms with Crippen LogP contribution in [0.2, 0.25) is 0 Å². The van der Waals surface area contributed by atoms with Crippen molar-refractivity contribution in [2.24, 2.45) is 0 Å². The first-order valence-electron chi connectivity index (χ1n) is 4.82. The van der Waals surface area contributed by atoms with Gasteiger partial charge in [0, 0.05) is 25.9 Å². The van der Waals surface area contributed by atoms with Crippen molar-refractivity contribution in [3.05, 3.63) is 24.3 Å². The zero-order chi connectivity index (χ0) is 13.2. The molecule has 0 fully saturated rings. The molecule has 0 aliphatic carbocycles. The van der Waals surface area contributed by atoms with Gasteiger partial charge in [0.1, 0.15) is 0 Å². The van der Waals surface area contributed by atoms with Gasteiger partial charge in [-0.2, -0.15) is 0 Å². The van der Waals surface area contributed by atoms with Gasteiger partial charge in [-0.3, -0.25) is 9.59 Å². The van der Waals surface area contributed by atoms with E-state index in [9.17, 15) is 18.0 Å². The van der Waals surface area contributed by atoms with Gasteiger partial charge in [0.05, 0.1) is 4.90 Å². The highest BCUT2D eigenvalue weighted by molar-refractivity contribution is 7.90. The van der Waals surface area contributed by atoms with Crippen LogP contribution in [0.3, 0.4) is 0 Å². The van der Waals surface area contributed by atoms with Crippen LogP contribution < -0.4 is 4.90 Å². The Morgan fingerprint density at radius 2 is 1.59 bits per heavy atom. The molecule has 0 bridgehead atoms. The SMILES string of the molecule is CC(=O)C(=O)N(C)c1ccc(S(C)(=O)=O)cc1. The molecule has 0 saturated heterocycles. The highest BCUT2D eigenvalue weighted by atomic mass is 32.2. The number of benzene rings is 1. The summed E-state index contributed by atoms with van der Waals surface area (Å²) in [4.78, 5) is 23.6. The van der Waals surface area contributed by atoms with E-state index in [2.05, 4.69) is 0 Å². The van der Waals surface area contributed by atoms with E-state index in [-0.39, 0.29) is 4.90 Å². The molecule has 1 rings (SSSR count). The molecule has 0 heterocycles. The molecule has 5 nitrogen and oxygen atoms in total. The van der Waals surface area contributed by atoms with Gasteiger partial charge in [0.25, 0.3) is 5.91 Å². The number of rotatable bonds is 3. The number of amides is 1. The summed E-state index contributed by atoms with van der Waals surface area (Å²) >= 11 is 0. The van der Waals surface area contributed by atoms with Crippen LogP contribution in [-0.2, 0) is 19.4 Å². The fourth-order valence-electron chi connectivity index (χ4n) is 1.27. The summed E-state index contributed by atoms with van der Waals surface area (Å²) in [7, 11) is -1.79. The zero-order valence-electron chi connectivity index (χ0n) is 9.80. The van der Waals surface area contributed by atoms with E-state index in [1.807, 2.05) is 0 Å². The quantitative estimate of drug-likeness (QED) is 0.743. The van der Waals surface area contributed by atoms with E-state index in [0.29, 0.717) is 5.69 Å². The summed E-state index contributed by atoms with van der Waals surface area (Å²) in [5, 5.41) is 0. The van der Waals surface area contributed by atoms with Crippen LogP contribution in [-0.4, -0.2) is 33.4 Å². The lowest BCUT2D eigenvalue weighted by molar-refractivity contribution is -0.134. The van der Waals surface area contributed by atoms with E-state index >= 15 is 0 Å². The summed E-state index contributed by atoms with van der Waals surface area (Å²) in [6.07, 6.45) is 1.10. The van der Waals surface area contributed by atoms with Gasteiger partial charge in [-0.1, -0.05) is 0 Å². The Balaban J connectivity index is 3.04. The molecule has 0 atom stereocenters. The van der Waals surface area contributed by atoms with E-state index in [4.69, 9.17) is 0 Å². The first kappa shape index (κ1) is 13.4. The van der Waals surface area contributed by atoms with E-state index in [1.165, 1.54) is 43.1 Å². The summed E-state index contributed by atoms with van der Waals surface area (Å²) < 4.78 is 22.4. The molecule has 1 aromatic rings. The molecule has 6 heteroatoms. The first-order chi connectivity index (χ1) is 7.73. The van der Waals surface area contributed by atoms with Crippen molar-refractivity contribution in [1.82, 2.24) is 0 Å². The van der Waals surface area contributed by atoms with Crippen molar-refractivity contribution in [2.45, 2.75) is 11.8 Å². The van der Waals surface area contributed by atoms with E-state index in [0.717, 1.165) is 6.26 Å². The maximum absolute atomic E-state index is 11.4. The third kappa shape index (κ3) is 3.13. The molecular formula is C11H13NO4S. The monoisotopic (exact) mass is 255 g/mol. The summed E-state index contributed by atoms with van der Waals surface area (Å²) in [5.41, 5.74) is 0.470. The van der Waals surface area contributed by atoms with Gasteiger partial charge in [-0.05, 0) is 24.3 Å². The minimum absolute atomic E-state index is 0.171. The number of hydrogen-bond donors (Lipinski definition) is 0. The van der Waals surface area contributed by atoms with Gasteiger partial charge in [0.2, 0.25) is 5.78 Å². The van der Waals surface area contributed by atoms with Gasteiger partial charge in [0.15, 0.2) is 9.84 Å². The van der Waals surface area contributed by atoms with Crippen LogP contribution in [0.1, 0.15) is 6.92 Å². The molecule has 0 aromatic heterocycles. The maximum atomic E-state index is 11.4. The fourth-order valence-corrected chi connectivity index (χ4v) is 1.90. The van der Waals surface area contributed by atoms with Crippen molar-refractivity contribution in [1.29, 1.82) is 0 Å². The lowest BCUT2D eigenvalue weighted by Gasteiger charge is -2.15. The third-order valence-corrected chi connectivity index (χ3v) is 3.39. The number of ketones is 1. The molecule has 0 N–H and O–H groups in total. The average molecular weight is 255 g/mol. The third-order valence-electron chi connectivity index (χ3n) is 2.26. The number of sulfone groups is 1. The molecular weight excluding hydrogens is 242 g/mol. The number of likely N-dealkylation sites (N-methyl/N-ethyl adjacent to an activating group) is 1. The number of anilines is 1. The van der Waals surface area contributed by atoms with Crippen LogP contribution in [0.5, 0.6) is 0 Å². The van der Waals surface area contributed by atoms with Crippen LogP contribution in [0.15, 0.2) is 29.2 Å². The van der Waals surface area contributed by atoms with Crippen molar-refractivity contribution >= 4 is 27.2 Å². The minimum Gasteiger partial charge on any atom is -0.309 e. The summed E-state index contributed by atoms with van der Waals surface area (Å²) in [5.74, 6) is -1.21. The number of hydrogen-bond acceptors (Lipinski definition) is 4. The van der Waals surface area contributed by atoms with Crippen LogP contribution in [0, 0.1) is 0 Å². The van der Waals surface area contributed by atoms with Crippen molar-refractivity contribution in [2.75, 3.05) is 18.2 Å². The second-order valence-electron chi connectivity index (χ2n) is 3.69. The number of Topliss-reactive ketones (excluding diaryl/α,β-unsaturated/α-hetero) is 1. The molecule has 17 heavy (non-hydrogen) atoms. The Kier molecular flexibility index (Phi) is 3.67. The Bertz CT molecular complexity index is 545. The van der Waals surface area contributed by atoms with Crippen molar-refractivity contribution < 1.29 is 18.0 Å². The molecule has 0 spiro atoms. The van der Waals surface area contributed by atoms with Crippen LogP contribution >= 0.6 is 0 Å². The lowest BCUT2D eigenvalue weighted by Crippen LogP contribution is -2.31. The Labute approximate surface area is 100.0 Å². The second kappa shape index (κ2) is 4.67. The molecule has 92 valence electrons. The summed E-state index contributed by atoms with van der Waals surface area (Å²) in [6.45, 7) is 1.18. The number of carbonyl (C=O) groups is 2. The molecule has 0 saturated carbocycles. The second-order valence-corrected chi connectivity index (χ2v) is 5.70. The normalized spacial score (nSPS) is 11.0. The first-order valence-corrected chi connectivity index (χ1v) is 6.71. The molecule has 0 aliphatic heterocycles. The summed E-state index contributed by atoms with van der Waals surface area (Å²) in [6, 6.07) is 5.76. The molecule has 0 radical (unpaired) electrons. The topological polar surface area (TPSA) is 71.5 Å². The minimum atomic E-state index is -3.25. The number of carbonyl (C=O) groups excluding carboxylic acids is 2. The predicted octanol–water partition coefficient (Wildman–Crippen LogP) is 0.642. The van der Waals surface area contributed by atoms with Gasteiger partial charge in [-0.25, -0.2) is 8.42 Å². The van der Waals surface area contributed by atoms with E-state index < -0.39 is 21.5 Å². The maximum Gasteiger partial charge on any atom is 0.293 e. The average Bonchev–Trinajstić information content (AvgIpc) is 2.26. The molecule has 1 amide bonds. The Morgan fingerprint density at radius 1 is 1.12 bits per heavy atom. The Morgan fingerprint density at radius 3 is 1.94 bits per heavy atom.